The standard InChI is InChI=1S/C15H13BrO2S/c1-10-3-2-4-11(5-10)9-19-14-7-12(15(17)18)6-13(16)8-14/h2-8H,9H2,1H3,(H,17,18). The zero-order valence-corrected chi connectivity index (χ0v) is 12.8. The smallest absolute Gasteiger partial charge is 0.335 e. The first-order chi connectivity index (χ1) is 9.04. The monoisotopic (exact) mass is 336 g/mol. The molecule has 0 aromatic heterocycles. The van der Waals surface area contributed by atoms with Crippen LogP contribution in [0.2, 0.25) is 0 Å². The molecular formula is C15H13BrO2S. The fraction of sp³-hybridized carbons (Fsp3) is 0.133. The van der Waals surface area contributed by atoms with Crippen molar-refractivity contribution < 1.29 is 9.90 Å². The SMILES string of the molecule is Cc1cccc(CSc2cc(Br)cc(C(=O)O)c2)c1. The van der Waals surface area contributed by atoms with E-state index in [1.165, 1.54) is 11.1 Å². The molecule has 2 rings (SSSR count). The summed E-state index contributed by atoms with van der Waals surface area (Å²) < 4.78 is 0.791. The second kappa shape index (κ2) is 6.26. The van der Waals surface area contributed by atoms with E-state index in [0.717, 1.165) is 15.1 Å². The number of rotatable bonds is 4. The zero-order chi connectivity index (χ0) is 13.8. The molecule has 19 heavy (non-hydrogen) atoms. The first-order valence-electron chi connectivity index (χ1n) is 5.77. The van der Waals surface area contributed by atoms with Crippen molar-refractivity contribution in [3.8, 4) is 0 Å². The summed E-state index contributed by atoms with van der Waals surface area (Å²) >= 11 is 4.98. The first-order valence-corrected chi connectivity index (χ1v) is 7.55. The number of aryl methyl sites for hydroxylation is 1. The normalized spacial score (nSPS) is 10.4. The van der Waals surface area contributed by atoms with Gasteiger partial charge in [0.1, 0.15) is 0 Å². The lowest BCUT2D eigenvalue weighted by Crippen LogP contribution is -1.96. The van der Waals surface area contributed by atoms with Crippen molar-refractivity contribution in [3.05, 3.63) is 63.6 Å². The first kappa shape index (κ1) is 14.2. The molecule has 2 nitrogen and oxygen atoms in total. The van der Waals surface area contributed by atoms with Crippen LogP contribution >= 0.6 is 27.7 Å². The third-order valence-electron chi connectivity index (χ3n) is 2.61. The Kier molecular flexibility index (Phi) is 4.66. The maximum atomic E-state index is 11.0. The summed E-state index contributed by atoms with van der Waals surface area (Å²) in [5.41, 5.74) is 2.78. The van der Waals surface area contributed by atoms with E-state index < -0.39 is 5.97 Å². The van der Waals surface area contributed by atoms with Crippen LogP contribution in [-0.4, -0.2) is 11.1 Å². The Balaban J connectivity index is 2.13. The second-order valence-corrected chi connectivity index (χ2v) is 6.22. The van der Waals surface area contributed by atoms with Crippen molar-refractivity contribution in [2.24, 2.45) is 0 Å². The number of carboxylic acids is 1. The molecule has 0 heterocycles. The molecule has 0 fully saturated rings. The predicted octanol–water partition coefficient (Wildman–Crippen LogP) is 4.75. The van der Waals surface area contributed by atoms with Gasteiger partial charge < -0.3 is 5.11 Å². The summed E-state index contributed by atoms with van der Waals surface area (Å²) in [5, 5.41) is 9.03. The highest BCUT2D eigenvalue weighted by Crippen LogP contribution is 2.27. The van der Waals surface area contributed by atoms with Crippen LogP contribution in [0.25, 0.3) is 0 Å². The summed E-state index contributed by atoms with van der Waals surface area (Å²) in [6.07, 6.45) is 0. The average molecular weight is 337 g/mol. The fourth-order valence-electron chi connectivity index (χ4n) is 1.74. The van der Waals surface area contributed by atoms with Crippen LogP contribution in [0.3, 0.4) is 0 Å². The maximum Gasteiger partial charge on any atom is 0.335 e. The largest absolute Gasteiger partial charge is 0.478 e. The van der Waals surface area contributed by atoms with Crippen molar-refractivity contribution in [1.29, 1.82) is 0 Å². The Hall–Kier alpha value is -1.26. The average Bonchev–Trinajstić information content (AvgIpc) is 2.36. The number of aromatic carboxylic acids is 1. The molecule has 0 atom stereocenters. The van der Waals surface area contributed by atoms with Gasteiger partial charge >= 0.3 is 5.97 Å². The molecule has 0 spiro atoms. The number of halogens is 1. The zero-order valence-electron chi connectivity index (χ0n) is 10.4. The Morgan fingerprint density at radius 2 is 2.05 bits per heavy atom. The van der Waals surface area contributed by atoms with Gasteiger partial charge in [-0.15, -0.1) is 11.8 Å². The molecular weight excluding hydrogens is 324 g/mol. The highest BCUT2D eigenvalue weighted by atomic mass is 79.9. The topological polar surface area (TPSA) is 37.3 Å². The summed E-state index contributed by atoms with van der Waals surface area (Å²) in [4.78, 5) is 11.9. The molecule has 0 amide bonds. The minimum absolute atomic E-state index is 0.307. The van der Waals surface area contributed by atoms with Crippen LogP contribution in [0.5, 0.6) is 0 Å². The Morgan fingerprint density at radius 3 is 2.74 bits per heavy atom. The van der Waals surface area contributed by atoms with Gasteiger partial charge in [-0.25, -0.2) is 4.79 Å². The van der Waals surface area contributed by atoms with Crippen LogP contribution < -0.4 is 0 Å². The van der Waals surface area contributed by atoms with E-state index in [1.807, 2.05) is 12.1 Å². The van der Waals surface area contributed by atoms with E-state index in [1.54, 1.807) is 23.9 Å². The van der Waals surface area contributed by atoms with Gasteiger partial charge in [0, 0.05) is 15.1 Å². The molecule has 0 aliphatic rings. The highest BCUT2D eigenvalue weighted by molar-refractivity contribution is 9.10. The van der Waals surface area contributed by atoms with Gasteiger partial charge in [-0.2, -0.15) is 0 Å². The van der Waals surface area contributed by atoms with Crippen LogP contribution in [0.15, 0.2) is 51.8 Å². The van der Waals surface area contributed by atoms with Gasteiger partial charge in [0.15, 0.2) is 0 Å². The number of hydrogen-bond donors (Lipinski definition) is 1. The molecule has 0 radical (unpaired) electrons. The lowest BCUT2D eigenvalue weighted by atomic mass is 10.2. The lowest BCUT2D eigenvalue weighted by Gasteiger charge is -2.05. The molecule has 0 saturated carbocycles. The van der Waals surface area contributed by atoms with Crippen molar-refractivity contribution in [3.63, 3.8) is 0 Å². The Bertz CT molecular complexity index is 611. The van der Waals surface area contributed by atoms with E-state index >= 15 is 0 Å². The van der Waals surface area contributed by atoms with Gasteiger partial charge in [0.05, 0.1) is 5.56 Å². The Labute approximate surface area is 125 Å². The molecule has 0 aliphatic carbocycles. The van der Waals surface area contributed by atoms with Gasteiger partial charge in [-0.05, 0) is 30.7 Å². The van der Waals surface area contributed by atoms with E-state index in [9.17, 15) is 4.79 Å². The molecule has 4 heteroatoms. The van der Waals surface area contributed by atoms with Crippen LogP contribution in [0.4, 0.5) is 0 Å². The molecule has 0 unspecified atom stereocenters. The van der Waals surface area contributed by atoms with Gasteiger partial charge in [0.2, 0.25) is 0 Å². The molecule has 0 saturated heterocycles. The number of carbonyl (C=O) groups is 1. The minimum atomic E-state index is -0.904. The van der Waals surface area contributed by atoms with Gasteiger partial charge in [-0.1, -0.05) is 45.8 Å². The third kappa shape index (κ3) is 4.11. The number of benzene rings is 2. The summed E-state index contributed by atoms with van der Waals surface area (Å²) in [5.74, 6) is -0.0734. The summed E-state index contributed by atoms with van der Waals surface area (Å²) in [6, 6.07) is 13.6. The quantitative estimate of drug-likeness (QED) is 0.818. The van der Waals surface area contributed by atoms with Crippen molar-refractivity contribution in [1.82, 2.24) is 0 Å². The third-order valence-corrected chi connectivity index (χ3v) is 4.11. The van der Waals surface area contributed by atoms with Crippen LogP contribution in [0, 0.1) is 6.92 Å². The number of thioether (sulfide) groups is 1. The summed E-state index contributed by atoms with van der Waals surface area (Å²) in [7, 11) is 0. The highest BCUT2D eigenvalue weighted by Gasteiger charge is 2.06. The van der Waals surface area contributed by atoms with Gasteiger partial charge in [0.25, 0.3) is 0 Å². The molecule has 98 valence electrons. The molecule has 0 bridgehead atoms. The number of hydrogen-bond acceptors (Lipinski definition) is 2. The molecule has 2 aromatic rings. The second-order valence-electron chi connectivity index (χ2n) is 4.26. The number of carboxylic acid groups (broad SMARTS) is 1. The van der Waals surface area contributed by atoms with E-state index in [2.05, 4.69) is 41.1 Å². The lowest BCUT2D eigenvalue weighted by molar-refractivity contribution is 0.0696. The van der Waals surface area contributed by atoms with Crippen LogP contribution in [0.1, 0.15) is 21.5 Å². The van der Waals surface area contributed by atoms with E-state index in [4.69, 9.17) is 5.11 Å². The van der Waals surface area contributed by atoms with E-state index in [-0.39, 0.29) is 0 Å². The van der Waals surface area contributed by atoms with E-state index in [0.29, 0.717) is 5.56 Å². The van der Waals surface area contributed by atoms with Crippen LogP contribution in [-0.2, 0) is 5.75 Å². The molecule has 2 aromatic carbocycles. The van der Waals surface area contributed by atoms with Crippen molar-refractivity contribution in [2.75, 3.05) is 0 Å². The van der Waals surface area contributed by atoms with Gasteiger partial charge in [-0.3, -0.25) is 0 Å². The fourth-order valence-corrected chi connectivity index (χ4v) is 3.32. The summed E-state index contributed by atoms with van der Waals surface area (Å²) in [6.45, 7) is 2.07. The molecule has 0 aliphatic heterocycles. The molecule has 1 N–H and O–H groups in total. The Morgan fingerprint density at radius 1 is 1.26 bits per heavy atom. The minimum Gasteiger partial charge on any atom is -0.478 e. The van der Waals surface area contributed by atoms with Crippen molar-refractivity contribution >= 4 is 33.7 Å². The maximum absolute atomic E-state index is 11.0. The van der Waals surface area contributed by atoms with Crippen molar-refractivity contribution in [2.45, 2.75) is 17.6 Å². The predicted molar refractivity (Wildman–Crippen MR) is 81.8 cm³/mol.